The van der Waals surface area contributed by atoms with Crippen molar-refractivity contribution in [3.05, 3.63) is 12.4 Å². The van der Waals surface area contributed by atoms with E-state index in [0.29, 0.717) is 6.42 Å². The highest BCUT2D eigenvalue weighted by Gasteiger charge is 2.15. The van der Waals surface area contributed by atoms with Crippen molar-refractivity contribution in [2.75, 3.05) is 36.5 Å². The summed E-state index contributed by atoms with van der Waals surface area (Å²) < 4.78 is 0. The lowest BCUT2D eigenvalue weighted by Gasteiger charge is -2.19. The number of anilines is 2. The van der Waals surface area contributed by atoms with Gasteiger partial charge in [0.15, 0.2) is 0 Å². The minimum Gasteiger partial charge on any atom is -0.396 e. The van der Waals surface area contributed by atoms with Crippen LogP contribution >= 0.6 is 0 Å². The van der Waals surface area contributed by atoms with E-state index in [-0.39, 0.29) is 19.3 Å². The first-order valence-corrected chi connectivity index (χ1v) is 6.88. The standard InChI is InChI=1S/C13H22N4O2/c18-7-3-4-11(9-19)16-12-8-13(15-10-14-12)17-5-1-2-6-17/h8,10-11,18-19H,1-7,9H2,(H,14,15,16). The second-order valence-corrected chi connectivity index (χ2v) is 4.85. The lowest BCUT2D eigenvalue weighted by molar-refractivity contribution is 0.245. The molecule has 6 heteroatoms. The van der Waals surface area contributed by atoms with Gasteiger partial charge in [-0.05, 0) is 25.7 Å². The molecule has 0 aliphatic carbocycles. The zero-order valence-electron chi connectivity index (χ0n) is 11.1. The van der Waals surface area contributed by atoms with Gasteiger partial charge in [0.1, 0.15) is 18.0 Å². The Morgan fingerprint density at radius 3 is 2.74 bits per heavy atom. The molecule has 19 heavy (non-hydrogen) atoms. The number of aromatic nitrogens is 2. The summed E-state index contributed by atoms with van der Waals surface area (Å²) in [4.78, 5) is 10.7. The third kappa shape index (κ3) is 4.04. The summed E-state index contributed by atoms with van der Waals surface area (Å²) in [6.45, 7) is 2.26. The Morgan fingerprint density at radius 2 is 2.05 bits per heavy atom. The minimum absolute atomic E-state index is 0.0308. The molecule has 1 fully saturated rings. The summed E-state index contributed by atoms with van der Waals surface area (Å²) >= 11 is 0. The Balaban J connectivity index is 1.97. The van der Waals surface area contributed by atoms with E-state index in [0.717, 1.165) is 31.1 Å². The molecule has 1 aliphatic heterocycles. The van der Waals surface area contributed by atoms with E-state index in [9.17, 15) is 5.11 Å². The van der Waals surface area contributed by atoms with Gasteiger partial charge in [-0.2, -0.15) is 0 Å². The van der Waals surface area contributed by atoms with E-state index in [1.807, 2.05) is 6.07 Å². The topological polar surface area (TPSA) is 81.5 Å². The SMILES string of the molecule is OCCCC(CO)Nc1cc(N2CCCC2)ncn1. The highest BCUT2D eigenvalue weighted by Crippen LogP contribution is 2.19. The Hall–Kier alpha value is -1.40. The molecule has 0 amide bonds. The molecule has 0 radical (unpaired) electrons. The number of hydrogen-bond donors (Lipinski definition) is 3. The van der Waals surface area contributed by atoms with Crippen molar-refractivity contribution in [2.45, 2.75) is 31.7 Å². The number of aliphatic hydroxyl groups is 2. The van der Waals surface area contributed by atoms with E-state index in [1.165, 1.54) is 12.8 Å². The summed E-state index contributed by atoms with van der Waals surface area (Å²) in [5.41, 5.74) is 0. The third-order valence-electron chi connectivity index (χ3n) is 3.37. The number of rotatable bonds is 7. The Labute approximate surface area is 113 Å². The van der Waals surface area contributed by atoms with Gasteiger partial charge >= 0.3 is 0 Å². The van der Waals surface area contributed by atoms with E-state index >= 15 is 0 Å². The quantitative estimate of drug-likeness (QED) is 0.671. The van der Waals surface area contributed by atoms with Crippen LogP contribution in [0.1, 0.15) is 25.7 Å². The first kappa shape index (κ1) is 14.0. The lowest BCUT2D eigenvalue weighted by Crippen LogP contribution is -2.25. The molecular formula is C13H22N4O2. The van der Waals surface area contributed by atoms with Crippen LogP contribution in [-0.4, -0.2) is 52.5 Å². The third-order valence-corrected chi connectivity index (χ3v) is 3.37. The maximum Gasteiger partial charge on any atom is 0.134 e. The van der Waals surface area contributed by atoms with Gasteiger partial charge in [-0.25, -0.2) is 9.97 Å². The monoisotopic (exact) mass is 266 g/mol. The summed E-state index contributed by atoms with van der Waals surface area (Å²) in [6, 6.07) is 1.85. The summed E-state index contributed by atoms with van der Waals surface area (Å²) in [7, 11) is 0. The molecule has 0 bridgehead atoms. The van der Waals surface area contributed by atoms with Gasteiger partial charge in [0, 0.05) is 25.8 Å². The average Bonchev–Trinajstić information content (AvgIpc) is 2.98. The molecule has 3 N–H and O–H groups in total. The Kier molecular flexibility index (Phi) is 5.35. The smallest absolute Gasteiger partial charge is 0.134 e. The number of aliphatic hydroxyl groups excluding tert-OH is 2. The van der Waals surface area contributed by atoms with Gasteiger partial charge < -0.3 is 20.4 Å². The molecule has 1 aromatic rings. The molecule has 0 saturated carbocycles. The van der Waals surface area contributed by atoms with Crippen molar-refractivity contribution in [3.8, 4) is 0 Å². The molecule has 1 unspecified atom stereocenters. The molecule has 0 spiro atoms. The Morgan fingerprint density at radius 1 is 1.26 bits per heavy atom. The molecule has 2 rings (SSSR count). The van der Waals surface area contributed by atoms with Crippen LogP contribution in [0.4, 0.5) is 11.6 Å². The molecule has 6 nitrogen and oxygen atoms in total. The molecular weight excluding hydrogens is 244 g/mol. The zero-order chi connectivity index (χ0) is 13.5. The van der Waals surface area contributed by atoms with E-state index in [2.05, 4.69) is 20.2 Å². The Bertz CT molecular complexity index is 383. The fourth-order valence-corrected chi connectivity index (χ4v) is 2.30. The van der Waals surface area contributed by atoms with Crippen LogP contribution in [0, 0.1) is 0 Å². The summed E-state index contributed by atoms with van der Waals surface area (Å²) in [6.07, 6.45) is 5.36. The van der Waals surface area contributed by atoms with Crippen molar-refractivity contribution < 1.29 is 10.2 Å². The largest absolute Gasteiger partial charge is 0.396 e. The van der Waals surface area contributed by atoms with Crippen molar-refractivity contribution in [3.63, 3.8) is 0 Å². The van der Waals surface area contributed by atoms with Crippen LogP contribution in [0.2, 0.25) is 0 Å². The number of hydrogen-bond acceptors (Lipinski definition) is 6. The van der Waals surface area contributed by atoms with Gasteiger partial charge in [0.05, 0.1) is 12.6 Å². The molecule has 2 heterocycles. The summed E-state index contributed by atoms with van der Waals surface area (Å²) in [5.74, 6) is 1.67. The second kappa shape index (κ2) is 7.25. The van der Waals surface area contributed by atoms with Gasteiger partial charge in [-0.3, -0.25) is 0 Å². The normalized spacial score (nSPS) is 16.6. The van der Waals surface area contributed by atoms with Crippen LogP contribution in [-0.2, 0) is 0 Å². The molecule has 1 aliphatic rings. The number of nitrogens with zero attached hydrogens (tertiary/aromatic N) is 3. The highest BCUT2D eigenvalue weighted by atomic mass is 16.3. The van der Waals surface area contributed by atoms with Crippen LogP contribution in [0.5, 0.6) is 0 Å². The van der Waals surface area contributed by atoms with Gasteiger partial charge in [-0.15, -0.1) is 0 Å². The van der Waals surface area contributed by atoms with Crippen molar-refractivity contribution in [1.29, 1.82) is 0 Å². The second-order valence-electron chi connectivity index (χ2n) is 4.85. The van der Waals surface area contributed by atoms with Crippen LogP contribution < -0.4 is 10.2 Å². The maximum atomic E-state index is 9.30. The predicted octanol–water partition coefficient (Wildman–Crippen LogP) is 0.622. The fourth-order valence-electron chi connectivity index (χ4n) is 2.30. The average molecular weight is 266 g/mol. The van der Waals surface area contributed by atoms with Crippen molar-refractivity contribution >= 4 is 11.6 Å². The highest BCUT2D eigenvalue weighted by molar-refractivity contribution is 5.49. The fraction of sp³-hybridized carbons (Fsp3) is 0.692. The molecule has 1 aromatic heterocycles. The van der Waals surface area contributed by atoms with Crippen LogP contribution in [0.3, 0.4) is 0 Å². The molecule has 1 saturated heterocycles. The van der Waals surface area contributed by atoms with Crippen LogP contribution in [0.15, 0.2) is 12.4 Å². The van der Waals surface area contributed by atoms with E-state index in [1.54, 1.807) is 6.33 Å². The molecule has 106 valence electrons. The van der Waals surface area contributed by atoms with Gasteiger partial charge in [0.25, 0.3) is 0 Å². The van der Waals surface area contributed by atoms with E-state index in [4.69, 9.17) is 5.11 Å². The predicted molar refractivity (Wildman–Crippen MR) is 74.3 cm³/mol. The van der Waals surface area contributed by atoms with E-state index < -0.39 is 0 Å². The molecule has 1 atom stereocenters. The van der Waals surface area contributed by atoms with Crippen LogP contribution in [0.25, 0.3) is 0 Å². The number of nitrogens with one attached hydrogen (secondary N) is 1. The first-order chi connectivity index (χ1) is 9.33. The van der Waals surface area contributed by atoms with Gasteiger partial charge in [0.2, 0.25) is 0 Å². The summed E-state index contributed by atoms with van der Waals surface area (Å²) in [5, 5.41) is 21.3. The van der Waals surface area contributed by atoms with Crippen molar-refractivity contribution in [2.24, 2.45) is 0 Å². The zero-order valence-corrected chi connectivity index (χ0v) is 11.1. The first-order valence-electron chi connectivity index (χ1n) is 6.88. The molecule has 0 aromatic carbocycles. The van der Waals surface area contributed by atoms with Gasteiger partial charge in [-0.1, -0.05) is 0 Å². The maximum absolute atomic E-state index is 9.30. The van der Waals surface area contributed by atoms with Crippen molar-refractivity contribution in [1.82, 2.24) is 9.97 Å². The lowest BCUT2D eigenvalue weighted by atomic mass is 10.2. The minimum atomic E-state index is -0.0755.